The van der Waals surface area contributed by atoms with Gasteiger partial charge in [-0.1, -0.05) is 0 Å². The molecule has 268 valence electrons. The average molecular weight is 697 g/mol. The van der Waals surface area contributed by atoms with Gasteiger partial charge < -0.3 is 29.0 Å². The molecule has 15 nitrogen and oxygen atoms in total. The molecule has 0 aliphatic carbocycles. The van der Waals surface area contributed by atoms with Crippen molar-refractivity contribution in [2.75, 3.05) is 41.8 Å². The molecule has 2 aliphatic heterocycles. The van der Waals surface area contributed by atoms with E-state index in [-0.39, 0.29) is 59.3 Å². The van der Waals surface area contributed by atoms with Crippen LogP contribution in [0.4, 0.5) is 40.8 Å². The third-order valence-electron chi connectivity index (χ3n) is 7.74. The smallest absolute Gasteiger partial charge is 0.413 e. The van der Waals surface area contributed by atoms with Crippen LogP contribution < -0.4 is 20.3 Å². The van der Waals surface area contributed by atoms with Gasteiger partial charge in [0, 0.05) is 35.5 Å². The molecule has 3 N–H and O–H groups in total. The molecule has 1 saturated heterocycles. The summed E-state index contributed by atoms with van der Waals surface area (Å²) in [6.07, 6.45) is -0.229. The molecule has 1 atom stereocenters. The van der Waals surface area contributed by atoms with Crippen LogP contribution >= 0.6 is 0 Å². The lowest BCUT2D eigenvalue weighted by Gasteiger charge is -2.33. The highest BCUT2D eigenvalue weighted by Gasteiger charge is 2.31. The average Bonchev–Trinajstić information content (AvgIpc) is 3.00. The van der Waals surface area contributed by atoms with E-state index >= 15 is 4.39 Å². The first kappa shape index (κ1) is 35.9. The molecule has 0 spiro atoms. The van der Waals surface area contributed by atoms with Gasteiger partial charge in [-0.25, -0.2) is 33.5 Å². The number of rotatable bonds is 4. The monoisotopic (exact) mass is 696 g/mol. The fourth-order valence-corrected chi connectivity index (χ4v) is 5.68. The maximum Gasteiger partial charge on any atom is 0.413 e. The van der Waals surface area contributed by atoms with Crippen LogP contribution in [0.2, 0.25) is 0 Å². The van der Waals surface area contributed by atoms with Gasteiger partial charge >= 0.3 is 24.4 Å². The van der Waals surface area contributed by atoms with Gasteiger partial charge in [0.15, 0.2) is 5.82 Å². The number of hydrogen-bond donors (Lipinski definition) is 3. The molecule has 4 heterocycles. The molecule has 4 amide bonds. The van der Waals surface area contributed by atoms with Gasteiger partial charge in [-0.2, -0.15) is 0 Å². The number of benzene rings is 1. The van der Waals surface area contributed by atoms with E-state index in [1.54, 1.807) is 48.5 Å². The predicted octanol–water partition coefficient (Wildman–Crippen LogP) is 6.92. The number of ether oxygens (including phenoxy) is 4. The Kier molecular flexibility index (Phi) is 9.93. The molecule has 0 radical (unpaired) electrons. The Hall–Kier alpha value is -5.41. The zero-order valence-corrected chi connectivity index (χ0v) is 29.0. The van der Waals surface area contributed by atoms with Gasteiger partial charge in [0.1, 0.15) is 35.4 Å². The van der Waals surface area contributed by atoms with E-state index in [0.717, 1.165) is 4.90 Å². The van der Waals surface area contributed by atoms with E-state index in [4.69, 9.17) is 18.9 Å². The summed E-state index contributed by atoms with van der Waals surface area (Å²) in [5.74, 6) is -0.691. The number of halogens is 1. The Labute approximate surface area is 288 Å². The molecule has 0 saturated carbocycles. The Balaban J connectivity index is 1.47. The van der Waals surface area contributed by atoms with E-state index in [9.17, 15) is 24.3 Å². The molecule has 5 rings (SSSR count). The number of likely N-dealkylation sites (tertiary alicyclic amines) is 1. The quantitative estimate of drug-likeness (QED) is 0.241. The van der Waals surface area contributed by atoms with Crippen LogP contribution in [0.3, 0.4) is 0 Å². The number of aromatic nitrogens is 2. The second kappa shape index (κ2) is 13.8. The van der Waals surface area contributed by atoms with Crippen LogP contribution in [0.25, 0.3) is 21.9 Å². The van der Waals surface area contributed by atoms with Crippen molar-refractivity contribution >= 4 is 52.3 Å². The number of carbonyl (C=O) groups excluding carboxylic acids is 3. The van der Waals surface area contributed by atoms with Gasteiger partial charge in [-0.05, 0) is 84.4 Å². The largest absolute Gasteiger partial charge is 0.474 e. The van der Waals surface area contributed by atoms with Crippen LogP contribution in [0.5, 0.6) is 5.88 Å². The van der Waals surface area contributed by atoms with Crippen LogP contribution in [0.1, 0.15) is 59.9 Å². The number of nitrogens with one attached hydrogen (secondary N) is 2. The van der Waals surface area contributed by atoms with Crippen molar-refractivity contribution in [1.29, 1.82) is 0 Å². The van der Waals surface area contributed by atoms with Crippen molar-refractivity contribution in [3.63, 3.8) is 0 Å². The molecule has 0 bridgehead atoms. The van der Waals surface area contributed by atoms with Crippen LogP contribution in [-0.4, -0.2) is 87.9 Å². The van der Waals surface area contributed by atoms with E-state index in [1.807, 2.05) is 0 Å². The highest BCUT2D eigenvalue weighted by Crippen LogP contribution is 2.42. The Morgan fingerprint density at radius 3 is 2.36 bits per heavy atom. The van der Waals surface area contributed by atoms with Gasteiger partial charge in [0.05, 0.1) is 18.8 Å². The zero-order chi connectivity index (χ0) is 36.5. The molecule has 2 aromatic heterocycles. The van der Waals surface area contributed by atoms with Crippen LogP contribution in [-0.2, 0) is 14.2 Å². The minimum absolute atomic E-state index is 0.0172. The third-order valence-corrected chi connectivity index (χ3v) is 7.74. The minimum Gasteiger partial charge on any atom is -0.474 e. The third kappa shape index (κ3) is 8.23. The maximum atomic E-state index is 16.5. The standard InChI is InChI=1S/C34H41FN6O9/c1-18-22(15-37-28-27(18)41(31(44)45)11-12-47-28)21-13-19-14-24(36-16-23(19)26(25(21)35)39-30(43)49-33(2,3)4)38-29(42)48-20-9-8-10-40(17-20)32(46)50-34(5,6)7/h13-16,20H,8-12,17H2,1-7H3,(H,39,43)(H,44,45)(H,36,38,42). The van der Waals surface area contributed by atoms with E-state index in [0.29, 0.717) is 30.3 Å². The summed E-state index contributed by atoms with van der Waals surface area (Å²) in [4.78, 5) is 61.5. The van der Waals surface area contributed by atoms with Crippen molar-refractivity contribution in [2.45, 2.75) is 78.6 Å². The fraction of sp³-hybridized carbons (Fsp3) is 0.471. The number of amides is 4. The Bertz CT molecular complexity index is 1840. The Morgan fingerprint density at radius 1 is 0.960 bits per heavy atom. The SMILES string of the molecule is Cc1c(-c2cc3cc(NC(=O)OC4CCCN(C(=O)OC(C)(C)C)C4)ncc3c(NC(=O)OC(C)(C)C)c2F)cnc2c1N(C(=O)O)CCO2. The van der Waals surface area contributed by atoms with Crippen LogP contribution in [0.15, 0.2) is 24.5 Å². The summed E-state index contributed by atoms with van der Waals surface area (Å²) in [7, 11) is 0. The summed E-state index contributed by atoms with van der Waals surface area (Å²) in [6.45, 7) is 12.7. The molecule has 3 aromatic rings. The van der Waals surface area contributed by atoms with Crippen molar-refractivity contribution in [1.82, 2.24) is 14.9 Å². The number of carbonyl (C=O) groups is 4. The number of nitrogens with zero attached hydrogens (tertiary/aromatic N) is 4. The molecule has 1 unspecified atom stereocenters. The van der Waals surface area contributed by atoms with Crippen LogP contribution in [0, 0.1) is 12.7 Å². The number of pyridine rings is 2. The molecular weight excluding hydrogens is 655 g/mol. The van der Waals surface area contributed by atoms with Gasteiger partial charge in [-0.15, -0.1) is 0 Å². The van der Waals surface area contributed by atoms with Crippen molar-refractivity contribution in [3.8, 4) is 17.0 Å². The molecule has 2 aliphatic rings. The molecule has 16 heteroatoms. The van der Waals surface area contributed by atoms with E-state index < -0.39 is 47.5 Å². The summed E-state index contributed by atoms with van der Waals surface area (Å²) >= 11 is 0. The summed E-state index contributed by atoms with van der Waals surface area (Å²) in [6, 6.07) is 2.95. The number of fused-ring (bicyclic) bond motifs is 2. The number of piperidine rings is 1. The zero-order valence-electron chi connectivity index (χ0n) is 29.0. The molecular formula is C34H41FN6O9. The van der Waals surface area contributed by atoms with E-state index in [1.165, 1.54) is 29.4 Å². The molecule has 1 aromatic carbocycles. The first-order valence-corrected chi connectivity index (χ1v) is 16.1. The Morgan fingerprint density at radius 2 is 1.68 bits per heavy atom. The first-order chi connectivity index (χ1) is 23.4. The second-order valence-corrected chi connectivity index (χ2v) is 14.0. The fourth-order valence-electron chi connectivity index (χ4n) is 5.68. The lowest BCUT2D eigenvalue weighted by molar-refractivity contribution is 0.000854. The number of anilines is 3. The lowest BCUT2D eigenvalue weighted by atomic mass is 9.96. The number of hydrogen-bond acceptors (Lipinski definition) is 10. The minimum atomic E-state index is -1.22. The highest BCUT2D eigenvalue weighted by atomic mass is 19.1. The van der Waals surface area contributed by atoms with Gasteiger partial charge in [0.25, 0.3) is 0 Å². The predicted molar refractivity (Wildman–Crippen MR) is 181 cm³/mol. The first-order valence-electron chi connectivity index (χ1n) is 16.1. The normalized spacial score (nSPS) is 16.2. The topological polar surface area (TPSA) is 182 Å². The summed E-state index contributed by atoms with van der Waals surface area (Å²) in [5.41, 5.74) is -1.03. The molecule has 50 heavy (non-hydrogen) atoms. The van der Waals surface area contributed by atoms with Crippen molar-refractivity contribution < 1.29 is 47.6 Å². The maximum absolute atomic E-state index is 16.5. The van der Waals surface area contributed by atoms with Crippen molar-refractivity contribution in [2.24, 2.45) is 0 Å². The van der Waals surface area contributed by atoms with Gasteiger partial charge in [-0.3, -0.25) is 15.5 Å². The summed E-state index contributed by atoms with van der Waals surface area (Å²) < 4.78 is 38.5. The highest BCUT2D eigenvalue weighted by molar-refractivity contribution is 6.04. The van der Waals surface area contributed by atoms with E-state index in [2.05, 4.69) is 20.6 Å². The molecule has 1 fully saturated rings. The van der Waals surface area contributed by atoms with Gasteiger partial charge in [0.2, 0.25) is 5.88 Å². The van der Waals surface area contributed by atoms with Crippen molar-refractivity contribution in [3.05, 3.63) is 35.9 Å². The lowest BCUT2D eigenvalue weighted by Crippen LogP contribution is -2.46. The second-order valence-electron chi connectivity index (χ2n) is 14.0. The summed E-state index contributed by atoms with van der Waals surface area (Å²) in [5, 5.41) is 15.4. The number of carboxylic acid groups (broad SMARTS) is 1.